The van der Waals surface area contributed by atoms with Crippen LogP contribution in [0.25, 0.3) is 0 Å². The molecule has 4 N–H and O–H groups in total. The van der Waals surface area contributed by atoms with Gasteiger partial charge < -0.3 is 20.7 Å². The van der Waals surface area contributed by atoms with Crippen LogP contribution in [0.2, 0.25) is 0 Å². The van der Waals surface area contributed by atoms with Gasteiger partial charge in [-0.15, -0.1) is 0 Å². The first-order chi connectivity index (χ1) is 7.78. The predicted molar refractivity (Wildman–Crippen MR) is 64.4 cm³/mol. The summed E-state index contributed by atoms with van der Waals surface area (Å²) in [5, 5.41) is 12.0. The van der Waals surface area contributed by atoms with Gasteiger partial charge in [0.05, 0.1) is 5.60 Å². The van der Waals surface area contributed by atoms with E-state index < -0.39 is 5.60 Å². The molecule has 0 saturated carbocycles. The van der Waals surface area contributed by atoms with Crippen molar-refractivity contribution in [2.24, 2.45) is 0 Å². The summed E-state index contributed by atoms with van der Waals surface area (Å²) in [4.78, 5) is 22.9. The van der Waals surface area contributed by atoms with E-state index in [1.807, 2.05) is 0 Å². The van der Waals surface area contributed by atoms with Crippen molar-refractivity contribution >= 4 is 11.6 Å². The highest BCUT2D eigenvalue weighted by atomic mass is 16.3. The molecule has 0 atom stereocenters. The molecule has 1 rings (SSSR count). The molecule has 6 heteroatoms. The zero-order valence-corrected chi connectivity index (χ0v) is 9.93. The van der Waals surface area contributed by atoms with Crippen molar-refractivity contribution in [2.75, 3.05) is 12.3 Å². The van der Waals surface area contributed by atoms with Gasteiger partial charge in [-0.25, -0.2) is 0 Å². The van der Waals surface area contributed by atoms with Crippen molar-refractivity contribution in [1.29, 1.82) is 0 Å². The van der Waals surface area contributed by atoms with E-state index in [0.717, 1.165) is 0 Å². The lowest BCUT2D eigenvalue weighted by Gasteiger charge is -2.17. The highest BCUT2D eigenvalue weighted by Crippen LogP contribution is 1.98. The lowest BCUT2D eigenvalue weighted by molar-refractivity contribution is -0.122. The van der Waals surface area contributed by atoms with Gasteiger partial charge in [0, 0.05) is 24.5 Å². The largest absolute Gasteiger partial charge is 0.398 e. The number of hydrogen-bond donors (Lipinski definition) is 3. The van der Waals surface area contributed by atoms with Crippen LogP contribution in [0, 0.1) is 0 Å². The standard InChI is InChI=1S/C11H17N3O3/c1-11(2,17)7-13-9(15)6-14-5-8(12)3-4-10(14)16/h3-5,17H,6-7,12H2,1-2H3,(H,13,15). The lowest BCUT2D eigenvalue weighted by Crippen LogP contribution is -2.40. The van der Waals surface area contributed by atoms with Gasteiger partial charge in [0.15, 0.2) is 0 Å². The highest BCUT2D eigenvalue weighted by Gasteiger charge is 2.14. The molecule has 0 aliphatic carbocycles. The van der Waals surface area contributed by atoms with Gasteiger partial charge in [-0.2, -0.15) is 0 Å². The smallest absolute Gasteiger partial charge is 0.251 e. The van der Waals surface area contributed by atoms with Crippen LogP contribution in [-0.4, -0.2) is 27.7 Å². The van der Waals surface area contributed by atoms with Crippen LogP contribution in [0.3, 0.4) is 0 Å². The maximum Gasteiger partial charge on any atom is 0.251 e. The molecule has 1 heterocycles. The molecular formula is C11H17N3O3. The van der Waals surface area contributed by atoms with E-state index in [0.29, 0.717) is 5.69 Å². The van der Waals surface area contributed by atoms with E-state index >= 15 is 0 Å². The van der Waals surface area contributed by atoms with Crippen molar-refractivity contribution in [2.45, 2.75) is 26.0 Å². The Balaban J connectivity index is 2.62. The average molecular weight is 239 g/mol. The second kappa shape index (κ2) is 5.01. The topological polar surface area (TPSA) is 97.3 Å². The monoisotopic (exact) mass is 239 g/mol. The van der Waals surface area contributed by atoms with Crippen LogP contribution in [0.1, 0.15) is 13.8 Å². The first kappa shape index (κ1) is 13.2. The van der Waals surface area contributed by atoms with Gasteiger partial charge in [0.1, 0.15) is 6.54 Å². The van der Waals surface area contributed by atoms with Crippen LogP contribution < -0.4 is 16.6 Å². The number of hydrogen-bond acceptors (Lipinski definition) is 4. The molecule has 0 spiro atoms. The van der Waals surface area contributed by atoms with Crippen molar-refractivity contribution in [3.05, 3.63) is 28.7 Å². The number of amides is 1. The molecule has 0 radical (unpaired) electrons. The predicted octanol–water partition coefficient (Wildman–Crippen LogP) is -0.682. The minimum atomic E-state index is -0.976. The maximum absolute atomic E-state index is 11.5. The fourth-order valence-electron chi connectivity index (χ4n) is 1.20. The number of carbonyl (C=O) groups is 1. The molecule has 0 aliphatic heterocycles. The number of nitrogens with zero attached hydrogens (tertiary/aromatic N) is 1. The van der Waals surface area contributed by atoms with Crippen molar-refractivity contribution in [3.8, 4) is 0 Å². The quantitative estimate of drug-likeness (QED) is 0.648. The minimum absolute atomic E-state index is 0.111. The molecule has 0 aromatic carbocycles. The Hall–Kier alpha value is -1.82. The Morgan fingerprint density at radius 2 is 2.18 bits per heavy atom. The molecule has 0 aliphatic rings. The van der Waals surface area contributed by atoms with Crippen LogP contribution >= 0.6 is 0 Å². The normalized spacial score (nSPS) is 11.2. The average Bonchev–Trinajstić information content (AvgIpc) is 2.20. The van der Waals surface area contributed by atoms with Crippen LogP contribution in [0.4, 0.5) is 5.69 Å². The highest BCUT2D eigenvalue weighted by molar-refractivity contribution is 5.75. The van der Waals surface area contributed by atoms with Gasteiger partial charge in [0.25, 0.3) is 5.56 Å². The molecule has 1 aromatic rings. The summed E-state index contributed by atoms with van der Waals surface area (Å²) in [6.45, 7) is 3.18. The van der Waals surface area contributed by atoms with E-state index in [4.69, 9.17) is 5.73 Å². The summed E-state index contributed by atoms with van der Waals surface area (Å²) in [5.41, 5.74) is 4.66. The number of carbonyl (C=O) groups excluding carboxylic acids is 1. The third-order valence-corrected chi connectivity index (χ3v) is 2.04. The Labute approximate surface area is 99.1 Å². The number of nitrogens with one attached hydrogen (secondary N) is 1. The Kier molecular flexibility index (Phi) is 3.90. The Morgan fingerprint density at radius 3 is 2.76 bits per heavy atom. The molecule has 17 heavy (non-hydrogen) atoms. The number of pyridine rings is 1. The van der Waals surface area contributed by atoms with Gasteiger partial charge in [-0.05, 0) is 19.9 Å². The van der Waals surface area contributed by atoms with Crippen molar-refractivity contribution in [3.63, 3.8) is 0 Å². The maximum atomic E-state index is 11.5. The zero-order valence-electron chi connectivity index (χ0n) is 9.93. The SMILES string of the molecule is CC(C)(O)CNC(=O)Cn1cc(N)ccc1=O. The number of anilines is 1. The summed E-state index contributed by atoms with van der Waals surface area (Å²) in [6.07, 6.45) is 1.41. The fraction of sp³-hybridized carbons (Fsp3) is 0.455. The van der Waals surface area contributed by atoms with Gasteiger partial charge in [-0.3, -0.25) is 9.59 Å². The third-order valence-electron chi connectivity index (χ3n) is 2.04. The second-order valence-electron chi connectivity index (χ2n) is 4.52. The second-order valence-corrected chi connectivity index (χ2v) is 4.52. The molecule has 1 aromatic heterocycles. The molecular weight excluding hydrogens is 222 g/mol. The number of aromatic nitrogens is 1. The van der Waals surface area contributed by atoms with E-state index in [-0.39, 0.29) is 24.6 Å². The summed E-state index contributed by atoms with van der Waals surface area (Å²) < 4.78 is 1.22. The molecule has 0 fully saturated rings. The number of rotatable bonds is 4. The number of nitrogens with two attached hydrogens (primary N) is 1. The number of nitrogen functional groups attached to an aromatic ring is 1. The summed E-state index contributed by atoms with van der Waals surface area (Å²) in [5.74, 6) is -0.347. The molecule has 0 unspecified atom stereocenters. The molecule has 94 valence electrons. The first-order valence-corrected chi connectivity index (χ1v) is 5.23. The van der Waals surface area contributed by atoms with Gasteiger partial charge >= 0.3 is 0 Å². The van der Waals surface area contributed by atoms with Crippen LogP contribution in [0.15, 0.2) is 23.1 Å². The molecule has 0 saturated heterocycles. The lowest BCUT2D eigenvalue weighted by atomic mass is 10.1. The summed E-state index contributed by atoms with van der Waals surface area (Å²) in [7, 11) is 0. The Morgan fingerprint density at radius 1 is 1.53 bits per heavy atom. The number of aliphatic hydroxyl groups is 1. The first-order valence-electron chi connectivity index (χ1n) is 5.23. The van der Waals surface area contributed by atoms with E-state index in [1.165, 1.54) is 22.9 Å². The Bertz CT molecular complexity index is 460. The van der Waals surface area contributed by atoms with Crippen LogP contribution in [-0.2, 0) is 11.3 Å². The molecule has 6 nitrogen and oxygen atoms in total. The summed E-state index contributed by atoms with van der Waals surface area (Å²) in [6, 6.07) is 2.78. The van der Waals surface area contributed by atoms with Gasteiger partial charge in [0.2, 0.25) is 5.91 Å². The van der Waals surface area contributed by atoms with Crippen molar-refractivity contribution < 1.29 is 9.90 Å². The fourth-order valence-corrected chi connectivity index (χ4v) is 1.20. The van der Waals surface area contributed by atoms with E-state index in [2.05, 4.69) is 5.32 Å². The van der Waals surface area contributed by atoms with E-state index in [1.54, 1.807) is 13.8 Å². The minimum Gasteiger partial charge on any atom is -0.398 e. The third kappa shape index (κ3) is 4.69. The summed E-state index contributed by atoms with van der Waals surface area (Å²) >= 11 is 0. The van der Waals surface area contributed by atoms with Crippen LogP contribution in [0.5, 0.6) is 0 Å². The molecule has 1 amide bonds. The van der Waals surface area contributed by atoms with Gasteiger partial charge in [-0.1, -0.05) is 0 Å². The van der Waals surface area contributed by atoms with E-state index in [9.17, 15) is 14.7 Å². The molecule has 0 bridgehead atoms. The zero-order chi connectivity index (χ0) is 13.1. The van der Waals surface area contributed by atoms with Crippen molar-refractivity contribution in [1.82, 2.24) is 9.88 Å².